The fraction of sp³-hybridized carbons (Fsp3) is 1.00. The van der Waals surface area contributed by atoms with Crippen LogP contribution in [0.15, 0.2) is 0 Å². The molecule has 2 N–H and O–H groups in total. The second-order valence-corrected chi connectivity index (χ2v) is 2.19. The normalized spacial score (nSPS) is 34.0. The topological polar surface area (TPSA) is 50.7 Å². The van der Waals surface area contributed by atoms with Crippen molar-refractivity contribution < 1.29 is 15.0 Å². The maximum atomic E-state index is 8.78. The molecular weight excluding hydrogens is 122 g/mol. The van der Waals surface area contributed by atoms with E-state index in [0.717, 1.165) is 12.8 Å². The molecule has 0 radical (unpaired) electrons. The lowest BCUT2D eigenvalue weighted by Crippen LogP contribution is -2.43. The van der Waals surface area contributed by atoms with Gasteiger partial charge in [-0.25, -0.2) is 4.89 Å². The summed E-state index contributed by atoms with van der Waals surface area (Å²) in [6.45, 7) is 0. The molecular formula is C5H11NO3. The van der Waals surface area contributed by atoms with Gasteiger partial charge < -0.3 is 5.11 Å². The number of aliphatic hydroxyl groups is 1. The summed E-state index contributed by atoms with van der Waals surface area (Å²) in [6.07, 6.45) is 1.36. The third-order valence-electron chi connectivity index (χ3n) is 1.41. The zero-order chi connectivity index (χ0) is 6.69. The maximum absolute atomic E-state index is 8.78. The van der Waals surface area contributed by atoms with Crippen molar-refractivity contribution in [1.82, 2.24) is 5.48 Å². The van der Waals surface area contributed by atoms with Gasteiger partial charge in [0.1, 0.15) is 0 Å². The van der Waals surface area contributed by atoms with Gasteiger partial charge in [0, 0.05) is 6.04 Å². The molecule has 0 aromatic rings. The Labute approximate surface area is 53.6 Å². The van der Waals surface area contributed by atoms with Crippen molar-refractivity contribution in [2.24, 2.45) is 0 Å². The van der Waals surface area contributed by atoms with E-state index in [1.807, 2.05) is 0 Å². The van der Waals surface area contributed by atoms with Gasteiger partial charge in [-0.2, -0.15) is 5.48 Å². The summed E-state index contributed by atoms with van der Waals surface area (Å²) in [5, 5.41) is 8.78. The van der Waals surface area contributed by atoms with Crippen LogP contribution in [0, 0.1) is 0 Å². The fourth-order valence-electron chi connectivity index (χ4n) is 0.800. The Balaban J connectivity index is 1.91. The molecule has 54 valence electrons. The number of rotatable bonds is 3. The summed E-state index contributed by atoms with van der Waals surface area (Å²) in [5.74, 6) is 0. The zero-order valence-corrected chi connectivity index (χ0v) is 5.33. The van der Waals surface area contributed by atoms with Crippen LogP contribution in [-0.2, 0) is 9.88 Å². The number of aliphatic hydroxyl groups excluding tert-OH is 1. The Kier molecular flexibility index (Phi) is 2.41. The first-order chi connectivity index (χ1) is 4.33. The average molecular weight is 133 g/mol. The van der Waals surface area contributed by atoms with Crippen LogP contribution in [0.5, 0.6) is 0 Å². The first kappa shape index (κ1) is 6.95. The third kappa shape index (κ3) is 1.91. The number of nitrogens with one attached hydrogen (secondary N) is 1. The van der Waals surface area contributed by atoms with E-state index in [9.17, 15) is 0 Å². The van der Waals surface area contributed by atoms with Crippen LogP contribution in [0.3, 0.4) is 0 Å². The van der Waals surface area contributed by atoms with Gasteiger partial charge in [-0.05, 0) is 12.8 Å². The van der Waals surface area contributed by atoms with E-state index in [4.69, 9.17) is 5.11 Å². The van der Waals surface area contributed by atoms with Crippen molar-refractivity contribution in [3.8, 4) is 0 Å². The van der Waals surface area contributed by atoms with Gasteiger partial charge in [0.15, 0.2) is 0 Å². The molecule has 0 amide bonds. The van der Waals surface area contributed by atoms with Crippen LogP contribution >= 0.6 is 0 Å². The Morgan fingerprint density at radius 3 is 2.67 bits per heavy atom. The first-order valence-electron chi connectivity index (χ1n) is 2.96. The zero-order valence-electron chi connectivity index (χ0n) is 5.33. The van der Waals surface area contributed by atoms with Gasteiger partial charge in [0.2, 0.25) is 0 Å². The molecule has 0 aromatic heterocycles. The second-order valence-electron chi connectivity index (χ2n) is 2.19. The third-order valence-corrected chi connectivity index (χ3v) is 1.41. The minimum atomic E-state index is -0.150. The van der Waals surface area contributed by atoms with E-state index in [-0.39, 0.29) is 12.1 Å². The van der Waals surface area contributed by atoms with Gasteiger partial charge >= 0.3 is 0 Å². The smallest absolute Gasteiger partial charge is 0.0732 e. The van der Waals surface area contributed by atoms with E-state index in [2.05, 4.69) is 15.4 Å². The molecule has 1 fully saturated rings. The van der Waals surface area contributed by atoms with E-state index >= 15 is 0 Å². The van der Waals surface area contributed by atoms with Crippen molar-refractivity contribution in [3.05, 3.63) is 0 Å². The molecule has 0 saturated heterocycles. The Bertz CT molecular complexity index is 82.3. The highest BCUT2D eigenvalue weighted by atomic mass is 17.3. The molecule has 9 heavy (non-hydrogen) atoms. The summed E-state index contributed by atoms with van der Waals surface area (Å²) < 4.78 is 0. The first-order valence-corrected chi connectivity index (χ1v) is 2.96. The summed E-state index contributed by atoms with van der Waals surface area (Å²) in [4.78, 5) is 8.72. The van der Waals surface area contributed by atoms with Crippen LogP contribution in [-0.4, -0.2) is 24.4 Å². The van der Waals surface area contributed by atoms with Gasteiger partial charge in [0.25, 0.3) is 0 Å². The molecule has 0 spiro atoms. The molecule has 1 aliphatic rings. The van der Waals surface area contributed by atoms with Crippen molar-refractivity contribution in [1.29, 1.82) is 0 Å². The molecule has 0 aromatic carbocycles. The quantitative estimate of drug-likeness (QED) is 0.406. The van der Waals surface area contributed by atoms with Gasteiger partial charge in [-0.3, -0.25) is 0 Å². The molecule has 1 saturated carbocycles. The second kappa shape index (κ2) is 3.12. The van der Waals surface area contributed by atoms with E-state index in [1.54, 1.807) is 0 Å². The highest BCUT2D eigenvalue weighted by Crippen LogP contribution is 2.18. The highest BCUT2D eigenvalue weighted by molar-refractivity contribution is 4.81. The minimum Gasteiger partial charge on any atom is -0.393 e. The maximum Gasteiger partial charge on any atom is 0.0732 e. The largest absolute Gasteiger partial charge is 0.393 e. The lowest BCUT2D eigenvalue weighted by atomic mass is 9.90. The van der Waals surface area contributed by atoms with Crippen molar-refractivity contribution in [3.63, 3.8) is 0 Å². The minimum absolute atomic E-state index is 0.150. The predicted octanol–water partition coefficient (Wildman–Crippen LogP) is -0.408. The number of hydrogen-bond donors (Lipinski definition) is 2. The lowest BCUT2D eigenvalue weighted by Gasteiger charge is -2.30. The van der Waals surface area contributed by atoms with E-state index in [0.29, 0.717) is 0 Å². The lowest BCUT2D eigenvalue weighted by molar-refractivity contribution is -0.329. The van der Waals surface area contributed by atoms with Crippen LogP contribution in [0.25, 0.3) is 0 Å². The van der Waals surface area contributed by atoms with Crippen molar-refractivity contribution in [2.45, 2.75) is 25.0 Å². The Morgan fingerprint density at radius 2 is 2.22 bits per heavy atom. The van der Waals surface area contributed by atoms with E-state index in [1.165, 1.54) is 7.11 Å². The molecule has 0 atom stereocenters. The SMILES string of the molecule is COON[C@H]1C[C@H](O)C1. The van der Waals surface area contributed by atoms with Gasteiger partial charge in [-0.1, -0.05) is 0 Å². The summed E-state index contributed by atoms with van der Waals surface area (Å²) in [5.41, 5.74) is 2.62. The van der Waals surface area contributed by atoms with Crippen LogP contribution in [0.2, 0.25) is 0 Å². The monoisotopic (exact) mass is 133 g/mol. The molecule has 1 aliphatic carbocycles. The standard InChI is InChI=1S/C5H11NO3/c1-8-9-6-4-2-5(7)3-4/h4-7H,2-3H2,1H3/t4-,5-. The molecule has 0 unspecified atom stereocenters. The van der Waals surface area contributed by atoms with Crippen molar-refractivity contribution in [2.75, 3.05) is 7.11 Å². The fourth-order valence-corrected chi connectivity index (χ4v) is 0.800. The molecule has 1 rings (SSSR count). The summed E-state index contributed by atoms with van der Waals surface area (Å²) in [6, 6.07) is 0.264. The number of hydroxylamine groups is 1. The molecule has 4 heteroatoms. The Morgan fingerprint density at radius 1 is 1.56 bits per heavy atom. The average Bonchev–Trinajstić information content (AvgIpc) is 1.78. The van der Waals surface area contributed by atoms with Crippen LogP contribution in [0.1, 0.15) is 12.8 Å². The highest BCUT2D eigenvalue weighted by Gasteiger charge is 2.27. The predicted molar refractivity (Wildman–Crippen MR) is 30.3 cm³/mol. The molecule has 4 nitrogen and oxygen atoms in total. The van der Waals surface area contributed by atoms with Gasteiger partial charge in [0.05, 0.1) is 13.2 Å². The summed E-state index contributed by atoms with van der Waals surface area (Å²) in [7, 11) is 1.43. The summed E-state index contributed by atoms with van der Waals surface area (Å²) >= 11 is 0. The molecule has 0 bridgehead atoms. The van der Waals surface area contributed by atoms with Crippen LogP contribution < -0.4 is 5.48 Å². The van der Waals surface area contributed by atoms with E-state index < -0.39 is 0 Å². The number of hydrogen-bond acceptors (Lipinski definition) is 4. The van der Waals surface area contributed by atoms with Crippen LogP contribution in [0.4, 0.5) is 0 Å². The molecule has 0 heterocycles. The molecule has 0 aliphatic heterocycles. The Hall–Kier alpha value is -0.160. The van der Waals surface area contributed by atoms with Crippen molar-refractivity contribution >= 4 is 0 Å². The van der Waals surface area contributed by atoms with Gasteiger partial charge in [-0.15, -0.1) is 4.99 Å².